The Labute approximate surface area is 77.3 Å². The first-order chi connectivity index (χ1) is 6.34. The van der Waals surface area contributed by atoms with Crippen LogP contribution in [-0.4, -0.2) is 6.54 Å². The summed E-state index contributed by atoms with van der Waals surface area (Å²) in [4.78, 5) is 2.66. The summed E-state index contributed by atoms with van der Waals surface area (Å²) in [5.74, 6) is 0. The van der Waals surface area contributed by atoms with Crippen molar-refractivity contribution in [3.63, 3.8) is 0 Å². The summed E-state index contributed by atoms with van der Waals surface area (Å²) in [5.41, 5.74) is 10.4. The number of aryl methyl sites for hydroxylation is 1. The Balaban J connectivity index is 2.68. The van der Waals surface area contributed by atoms with E-state index in [1.165, 1.54) is 5.56 Å². The van der Waals surface area contributed by atoms with E-state index in [0.29, 0.717) is 6.54 Å². The zero-order chi connectivity index (χ0) is 9.52. The Bertz CT molecular complexity index is 349. The van der Waals surface area contributed by atoms with Gasteiger partial charge in [0.1, 0.15) is 0 Å². The Morgan fingerprint density at radius 1 is 1.46 bits per heavy atom. The molecule has 13 heavy (non-hydrogen) atoms. The summed E-state index contributed by atoms with van der Waals surface area (Å²) in [6, 6.07) is 8.06. The molecule has 1 aromatic carbocycles. The normalized spacial score (nSPS) is 9.92. The topological polar surface area (TPSA) is 48.8 Å². The smallest absolute Gasteiger partial charge is 0.0443 e. The molecule has 0 aromatic heterocycles. The van der Waals surface area contributed by atoms with Gasteiger partial charge in [0.15, 0.2) is 0 Å². The summed E-state index contributed by atoms with van der Waals surface area (Å²) in [5, 5.41) is 3.41. The van der Waals surface area contributed by atoms with Crippen molar-refractivity contribution in [2.45, 2.75) is 6.92 Å². The molecule has 0 bridgehead atoms. The first-order valence-corrected chi connectivity index (χ1v) is 4.07. The Hall–Kier alpha value is -1.73. The minimum atomic E-state index is 0.408. The molecule has 0 atom stereocenters. The molecular formula is C10H11N3. The molecule has 0 unspecified atom stereocenters. The van der Waals surface area contributed by atoms with E-state index in [1.807, 2.05) is 43.3 Å². The van der Waals surface area contributed by atoms with Crippen LogP contribution in [0.4, 0.5) is 0 Å². The van der Waals surface area contributed by atoms with Gasteiger partial charge in [0.2, 0.25) is 0 Å². The van der Waals surface area contributed by atoms with Crippen LogP contribution in [0.25, 0.3) is 16.5 Å². The zero-order valence-electron chi connectivity index (χ0n) is 7.51. The van der Waals surface area contributed by atoms with Crippen molar-refractivity contribution in [1.82, 2.24) is 0 Å². The molecule has 3 nitrogen and oxygen atoms in total. The van der Waals surface area contributed by atoms with Gasteiger partial charge in [-0.2, -0.15) is 0 Å². The standard InChI is InChI=1S/C10H11N3/c1-9-5-2-3-6-10(9)7-4-8-12-13-11/h2-7H,8H2,1H3. The number of hydrogen-bond donors (Lipinski definition) is 0. The van der Waals surface area contributed by atoms with Crippen LogP contribution in [0.2, 0.25) is 0 Å². The van der Waals surface area contributed by atoms with Gasteiger partial charge in [0, 0.05) is 11.5 Å². The largest absolute Gasteiger partial charge is 0.0899 e. The summed E-state index contributed by atoms with van der Waals surface area (Å²) >= 11 is 0. The summed E-state index contributed by atoms with van der Waals surface area (Å²) in [6.45, 7) is 2.46. The zero-order valence-corrected chi connectivity index (χ0v) is 7.51. The van der Waals surface area contributed by atoms with Gasteiger partial charge in [0.25, 0.3) is 0 Å². The maximum absolute atomic E-state index is 8.04. The van der Waals surface area contributed by atoms with Crippen molar-refractivity contribution < 1.29 is 0 Å². The van der Waals surface area contributed by atoms with Gasteiger partial charge in [0.05, 0.1) is 0 Å². The summed E-state index contributed by atoms with van der Waals surface area (Å²) < 4.78 is 0. The lowest BCUT2D eigenvalue weighted by Gasteiger charge is -1.96. The minimum Gasteiger partial charge on any atom is -0.0899 e. The molecule has 1 rings (SSSR count). The second kappa shape index (κ2) is 5.01. The maximum Gasteiger partial charge on any atom is 0.0443 e. The van der Waals surface area contributed by atoms with Crippen LogP contribution in [0, 0.1) is 6.92 Å². The SMILES string of the molecule is Cc1ccccc1C=CCN=[N+]=[N-]. The van der Waals surface area contributed by atoms with E-state index >= 15 is 0 Å². The van der Waals surface area contributed by atoms with Gasteiger partial charge in [-0.3, -0.25) is 0 Å². The average Bonchev–Trinajstić information content (AvgIpc) is 2.15. The molecule has 3 heteroatoms. The number of benzene rings is 1. The predicted molar refractivity (Wildman–Crippen MR) is 54.2 cm³/mol. The fourth-order valence-electron chi connectivity index (χ4n) is 1.04. The highest BCUT2D eigenvalue weighted by Crippen LogP contribution is 2.08. The fraction of sp³-hybridized carbons (Fsp3) is 0.200. The number of nitrogens with zero attached hydrogens (tertiary/aromatic N) is 3. The van der Waals surface area contributed by atoms with Gasteiger partial charge in [-0.25, -0.2) is 0 Å². The van der Waals surface area contributed by atoms with Crippen LogP contribution in [0.15, 0.2) is 35.5 Å². The van der Waals surface area contributed by atoms with Crippen molar-refractivity contribution in [2.75, 3.05) is 6.54 Å². The molecule has 0 heterocycles. The molecule has 1 aromatic rings. The van der Waals surface area contributed by atoms with Gasteiger partial charge in [-0.1, -0.05) is 41.5 Å². The highest BCUT2D eigenvalue weighted by molar-refractivity contribution is 5.53. The molecule has 0 saturated carbocycles. The molecule has 0 aliphatic rings. The third kappa shape index (κ3) is 3.01. The molecule has 0 amide bonds. The van der Waals surface area contributed by atoms with Gasteiger partial charge < -0.3 is 0 Å². The van der Waals surface area contributed by atoms with E-state index in [0.717, 1.165) is 5.56 Å². The Kier molecular flexibility index (Phi) is 3.61. The van der Waals surface area contributed by atoms with Crippen molar-refractivity contribution in [3.8, 4) is 0 Å². The molecule has 0 saturated heterocycles. The van der Waals surface area contributed by atoms with E-state index in [1.54, 1.807) is 0 Å². The maximum atomic E-state index is 8.04. The van der Waals surface area contributed by atoms with E-state index < -0.39 is 0 Å². The molecular weight excluding hydrogens is 162 g/mol. The molecule has 0 spiro atoms. The molecule has 0 aliphatic heterocycles. The lowest BCUT2D eigenvalue weighted by Crippen LogP contribution is -1.78. The molecule has 0 radical (unpaired) electrons. The number of azide groups is 1. The fourth-order valence-corrected chi connectivity index (χ4v) is 1.04. The molecule has 0 N–H and O–H groups in total. The van der Waals surface area contributed by atoms with E-state index in [2.05, 4.69) is 10.0 Å². The number of hydrogen-bond acceptors (Lipinski definition) is 1. The number of rotatable bonds is 3. The highest BCUT2D eigenvalue weighted by atomic mass is 15.1. The van der Waals surface area contributed by atoms with Crippen molar-refractivity contribution in [1.29, 1.82) is 0 Å². The van der Waals surface area contributed by atoms with Crippen LogP contribution in [0.3, 0.4) is 0 Å². The second-order valence-electron chi connectivity index (χ2n) is 2.67. The Morgan fingerprint density at radius 3 is 2.92 bits per heavy atom. The predicted octanol–water partition coefficient (Wildman–Crippen LogP) is 3.32. The Morgan fingerprint density at radius 2 is 2.23 bits per heavy atom. The van der Waals surface area contributed by atoms with Crippen LogP contribution < -0.4 is 0 Å². The van der Waals surface area contributed by atoms with Crippen LogP contribution in [-0.2, 0) is 0 Å². The first-order valence-electron chi connectivity index (χ1n) is 4.07. The quantitative estimate of drug-likeness (QED) is 0.382. The van der Waals surface area contributed by atoms with E-state index in [-0.39, 0.29) is 0 Å². The van der Waals surface area contributed by atoms with E-state index in [4.69, 9.17) is 5.53 Å². The first kappa shape index (κ1) is 9.36. The molecule has 0 fully saturated rings. The van der Waals surface area contributed by atoms with Gasteiger partial charge in [-0.05, 0) is 23.6 Å². The lowest BCUT2D eigenvalue weighted by molar-refractivity contribution is 1.22. The second-order valence-corrected chi connectivity index (χ2v) is 2.67. The lowest BCUT2D eigenvalue weighted by atomic mass is 10.1. The van der Waals surface area contributed by atoms with Crippen molar-refractivity contribution in [3.05, 3.63) is 51.9 Å². The van der Waals surface area contributed by atoms with Crippen molar-refractivity contribution in [2.24, 2.45) is 5.11 Å². The van der Waals surface area contributed by atoms with Gasteiger partial charge in [-0.15, -0.1) is 0 Å². The summed E-state index contributed by atoms with van der Waals surface area (Å²) in [7, 11) is 0. The summed E-state index contributed by atoms with van der Waals surface area (Å²) in [6.07, 6.45) is 3.81. The van der Waals surface area contributed by atoms with Crippen LogP contribution >= 0.6 is 0 Å². The van der Waals surface area contributed by atoms with Gasteiger partial charge >= 0.3 is 0 Å². The van der Waals surface area contributed by atoms with E-state index in [9.17, 15) is 0 Å². The molecule has 66 valence electrons. The highest BCUT2D eigenvalue weighted by Gasteiger charge is 1.88. The van der Waals surface area contributed by atoms with Crippen molar-refractivity contribution >= 4 is 6.08 Å². The van der Waals surface area contributed by atoms with Crippen LogP contribution in [0.5, 0.6) is 0 Å². The minimum absolute atomic E-state index is 0.408. The third-order valence-electron chi connectivity index (χ3n) is 1.74. The third-order valence-corrected chi connectivity index (χ3v) is 1.74. The van der Waals surface area contributed by atoms with Crippen LogP contribution in [0.1, 0.15) is 11.1 Å². The average molecular weight is 173 g/mol. The monoisotopic (exact) mass is 173 g/mol. The molecule has 0 aliphatic carbocycles.